The summed E-state index contributed by atoms with van der Waals surface area (Å²) in [7, 11) is 3.98. The Kier molecular flexibility index (Phi) is 7.06. The number of anilines is 2. The second-order valence-corrected chi connectivity index (χ2v) is 8.99. The standard InChI is InChI=1S/C24H28ClF2N5/c1-32(2)23-18-5-3-4-6-20(18)30-24(31-23)29-17-10-7-15(8-11-17)13-28-14-16-9-12-19(26)21(25)22(16)27/h3-6,9,12,15,17,28H,7-8,10-11,13-14H2,1-2H3,(H,29,30,31). The number of halogens is 3. The number of nitrogens with one attached hydrogen (secondary N) is 2. The van der Waals surface area contributed by atoms with Gasteiger partial charge in [-0.05, 0) is 56.3 Å². The van der Waals surface area contributed by atoms with Gasteiger partial charge in [-0.1, -0.05) is 29.8 Å². The third-order valence-corrected chi connectivity index (χ3v) is 6.40. The largest absolute Gasteiger partial charge is 0.362 e. The van der Waals surface area contributed by atoms with E-state index in [4.69, 9.17) is 21.6 Å². The van der Waals surface area contributed by atoms with Gasteiger partial charge in [0.1, 0.15) is 22.5 Å². The summed E-state index contributed by atoms with van der Waals surface area (Å²) in [6, 6.07) is 11.0. The summed E-state index contributed by atoms with van der Waals surface area (Å²) in [6.07, 6.45) is 4.17. The maximum atomic E-state index is 14.0. The average molecular weight is 460 g/mol. The quantitative estimate of drug-likeness (QED) is 0.464. The molecule has 1 aromatic heterocycles. The van der Waals surface area contributed by atoms with Gasteiger partial charge in [0, 0.05) is 37.6 Å². The van der Waals surface area contributed by atoms with Crippen LogP contribution in [0.4, 0.5) is 20.5 Å². The van der Waals surface area contributed by atoms with Gasteiger partial charge in [0.15, 0.2) is 0 Å². The van der Waals surface area contributed by atoms with Gasteiger partial charge in [-0.3, -0.25) is 0 Å². The monoisotopic (exact) mass is 459 g/mol. The van der Waals surface area contributed by atoms with Crippen LogP contribution in [0.5, 0.6) is 0 Å². The molecular weight excluding hydrogens is 432 g/mol. The van der Waals surface area contributed by atoms with Gasteiger partial charge >= 0.3 is 0 Å². The molecule has 1 saturated carbocycles. The molecule has 0 unspecified atom stereocenters. The van der Waals surface area contributed by atoms with E-state index in [1.807, 2.05) is 43.3 Å². The number of aromatic nitrogens is 2. The second kappa shape index (κ2) is 9.96. The van der Waals surface area contributed by atoms with E-state index in [-0.39, 0.29) is 0 Å². The molecule has 32 heavy (non-hydrogen) atoms. The Morgan fingerprint density at radius 1 is 1.03 bits per heavy atom. The Hall–Kier alpha value is -2.51. The molecular formula is C24H28ClF2N5. The topological polar surface area (TPSA) is 53.1 Å². The average Bonchev–Trinajstić information content (AvgIpc) is 2.79. The van der Waals surface area contributed by atoms with Crippen LogP contribution in [0.2, 0.25) is 5.02 Å². The summed E-state index contributed by atoms with van der Waals surface area (Å²) in [6.45, 7) is 1.13. The molecule has 2 N–H and O–H groups in total. The van der Waals surface area contributed by atoms with Gasteiger partial charge in [0.25, 0.3) is 0 Å². The molecule has 0 spiro atoms. The fraction of sp³-hybridized carbons (Fsp3) is 0.417. The van der Waals surface area contributed by atoms with Crippen molar-refractivity contribution in [3.63, 3.8) is 0 Å². The summed E-state index contributed by atoms with van der Waals surface area (Å²) in [5, 5.41) is 7.41. The molecule has 5 nitrogen and oxygen atoms in total. The Morgan fingerprint density at radius 3 is 2.53 bits per heavy atom. The first-order valence-corrected chi connectivity index (χ1v) is 11.3. The molecule has 0 bridgehead atoms. The molecule has 170 valence electrons. The second-order valence-electron chi connectivity index (χ2n) is 8.61. The molecule has 1 fully saturated rings. The Morgan fingerprint density at radius 2 is 1.78 bits per heavy atom. The van der Waals surface area contributed by atoms with Crippen molar-refractivity contribution in [1.82, 2.24) is 15.3 Å². The summed E-state index contributed by atoms with van der Waals surface area (Å²) in [5.41, 5.74) is 1.32. The third-order valence-electron chi connectivity index (χ3n) is 6.05. The summed E-state index contributed by atoms with van der Waals surface area (Å²) >= 11 is 5.65. The maximum Gasteiger partial charge on any atom is 0.225 e. The van der Waals surface area contributed by atoms with Crippen LogP contribution in [-0.2, 0) is 6.54 Å². The maximum absolute atomic E-state index is 14.0. The lowest BCUT2D eigenvalue weighted by molar-refractivity contribution is 0.323. The first kappa shape index (κ1) is 22.7. The third kappa shape index (κ3) is 5.10. The van der Waals surface area contributed by atoms with Crippen molar-refractivity contribution >= 4 is 34.3 Å². The van der Waals surface area contributed by atoms with Gasteiger partial charge in [0.05, 0.1) is 5.52 Å². The minimum atomic E-state index is -0.730. The van der Waals surface area contributed by atoms with Crippen molar-refractivity contribution in [2.24, 2.45) is 5.92 Å². The molecule has 0 saturated heterocycles. The van der Waals surface area contributed by atoms with Crippen LogP contribution in [0.25, 0.3) is 10.9 Å². The molecule has 2 aromatic carbocycles. The number of benzene rings is 2. The van der Waals surface area contributed by atoms with Crippen molar-refractivity contribution in [1.29, 1.82) is 0 Å². The van der Waals surface area contributed by atoms with Crippen molar-refractivity contribution in [2.75, 3.05) is 30.9 Å². The van der Waals surface area contributed by atoms with Crippen molar-refractivity contribution < 1.29 is 8.78 Å². The molecule has 1 aliphatic carbocycles. The highest BCUT2D eigenvalue weighted by atomic mass is 35.5. The highest BCUT2D eigenvalue weighted by Gasteiger charge is 2.22. The van der Waals surface area contributed by atoms with Gasteiger partial charge in [-0.25, -0.2) is 13.8 Å². The minimum absolute atomic E-state index is 0.329. The van der Waals surface area contributed by atoms with E-state index < -0.39 is 16.7 Å². The van der Waals surface area contributed by atoms with Crippen LogP contribution in [0.15, 0.2) is 36.4 Å². The molecule has 8 heteroatoms. The fourth-order valence-electron chi connectivity index (χ4n) is 4.27. The number of para-hydroxylation sites is 1. The van der Waals surface area contributed by atoms with E-state index in [0.29, 0.717) is 30.0 Å². The lowest BCUT2D eigenvalue weighted by Crippen LogP contribution is -2.31. The number of rotatable bonds is 7. The highest BCUT2D eigenvalue weighted by Crippen LogP contribution is 2.28. The van der Waals surface area contributed by atoms with E-state index in [1.165, 1.54) is 12.1 Å². The van der Waals surface area contributed by atoms with Crippen molar-refractivity contribution in [2.45, 2.75) is 38.3 Å². The Labute approximate surface area is 192 Å². The van der Waals surface area contributed by atoms with E-state index >= 15 is 0 Å². The number of hydrogen-bond donors (Lipinski definition) is 2. The Bertz CT molecular complexity index is 1080. The van der Waals surface area contributed by atoms with E-state index in [2.05, 4.69) is 10.6 Å². The predicted molar refractivity (Wildman–Crippen MR) is 126 cm³/mol. The number of fused-ring (bicyclic) bond motifs is 1. The zero-order chi connectivity index (χ0) is 22.7. The van der Waals surface area contributed by atoms with Crippen LogP contribution in [0, 0.1) is 17.6 Å². The number of nitrogens with zero attached hydrogens (tertiary/aromatic N) is 3. The molecule has 1 heterocycles. The zero-order valence-corrected chi connectivity index (χ0v) is 19.1. The minimum Gasteiger partial charge on any atom is -0.362 e. The highest BCUT2D eigenvalue weighted by molar-refractivity contribution is 6.30. The van der Waals surface area contributed by atoms with Gasteiger partial charge in [-0.2, -0.15) is 4.98 Å². The molecule has 3 aromatic rings. The van der Waals surface area contributed by atoms with Gasteiger partial charge < -0.3 is 15.5 Å². The predicted octanol–water partition coefficient (Wildman–Crippen LogP) is 5.39. The first-order valence-electron chi connectivity index (χ1n) is 11.0. The van der Waals surface area contributed by atoms with Gasteiger partial charge in [-0.15, -0.1) is 0 Å². The smallest absolute Gasteiger partial charge is 0.225 e. The van der Waals surface area contributed by atoms with E-state index in [1.54, 1.807) is 0 Å². The Balaban J connectivity index is 1.29. The molecule has 0 amide bonds. The molecule has 0 radical (unpaired) electrons. The summed E-state index contributed by atoms with van der Waals surface area (Å²) < 4.78 is 27.3. The van der Waals surface area contributed by atoms with Gasteiger partial charge in [0.2, 0.25) is 5.95 Å². The van der Waals surface area contributed by atoms with Crippen LogP contribution >= 0.6 is 11.6 Å². The van der Waals surface area contributed by atoms with Crippen molar-refractivity contribution in [3.8, 4) is 0 Å². The number of hydrogen-bond acceptors (Lipinski definition) is 5. The zero-order valence-electron chi connectivity index (χ0n) is 18.3. The fourth-order valence-corrected chi connectivity index (χ4v) is 4.46. The first-order chi connectivity index (χ1) is 15.4. The van der Waals surface area contributed by atoms with Crippen molar-refractivity contribution in [3.05, 3.63) is 58.6 Å². The van der Waals surface area contributed by atoms with E-state index in [0.717, 1.165) is 48.9 Å². The lowest BCUT2D eigenvalue weighted by atomic mass is 9.86. The molecule has 0 aliphatic heterocycles. The summed E-state index contributed by atoms with van der Waals surface area (Å²) in [5.74, 6) is 0.676. The molecule has 0 atom stereocenters. The lowest BCUT2D eigenvalue weighted by Gasteiger charge is -2.29. The molecule has 4 rings (SSSR count). The van der Waals surface area contributed by atoms with Crippen LogP contribution in [-0.4, -0.2) is 36.6 Å². The van der Waals surface area contributed by atoms with Crippen LogP contribution in [0.1, 0.15) is 31.2 Å². The van der Waals surface area contributed by atoms with E-state index in [9.17, 15) is 8.78 Å². The van der Waals surface area contributed by atoms with Crippen LogP contribution < -0.4 is 15.5 Å². The summed E-state index contributed by atoms with van der Waals surface area (Å²) in [4.78, 5) is 11.4. The SMILES string of the molecule is CN(C)c1nc(NC2CCC(CNCc3ccc(F)c(Cl)c3F)CC2)nc2ccccc12. The van der Waals surface area contributed by atoms with Crippen LogP contribution in [0.3, 0.4) is 0 Å². The normalized spacial score (nSPS) is 18.7. The molecule has 1 aliphatic rings.